The van der Waals surface area contributed by atoms with Gasteiger partial charge in [-0.2, -0.15) is 0 Å². The average molecular weight is 312 g/mol. The van der Waals surface area contributed by atoms with E-state index in [1.807, 2.05) is 23.5 Å². The van der Waals surface area contributed by atoms with Gasteiger partial charge in [0, 0.05) is 17.5 Å². The van der Waals surface area contributed by atoms with Gasteiger partial charge < -0.3 is 9.26 Å². The molecule has 5 heteroatoms. The summed E-state index contributed by atoms with van der Waals surface area (Å²) in [6, 6.07) is 8.05. The summed E-state index contributed by atoms with van der Waals surface area (Å²) in [6.45, 7) is 0. The SMILES string of the molecule is COc1ccc(P2(=S)OC3=C(CCCC3)CS2)cc1. The molecular formula is C14H17O2PS2. The van der Waals surface area contributed by atoms with Crippen molar-refractivity contribution in [2.24, 2.45) is 0 Å². The summed E-state index contributed by atoms with van der Waals surface area (Å²) in [4.78, 5) is 0. The molecule has 0 radical (unpaired) electrons. The van der Waals surface area contributed by atoms with E-state index in [4.69, 9.17) is 21.1 Å². The number of allylic oxidation sites excluding steroid dienone is 1. The molecule has 0 bridgehead atoms. The van der Waals surface area contributed by atoms with E-state index in [2.05, 4.69) is 12.1 Å². The van der Waals surface area contributed by atoms with Gasteiger partial charge in [0.1, 0.15) is 11.5 Å². The van der Waals surface area contributed by atoms with Gasteiger partial charge >= 0.3 is 0 Å². The summed E-state index contributed by atoms with van der Waals surface area (Å²) in [5, 5.41) is 1.14. The first-order valence-corrected chi connectivity index (χ1v) is 10.8. The Morgan fingerprint density at radius 3 is 2.68 bits per heavy atom. The average Bonchev–Trinajstić information content (AvgIpc) is 2.47. The van der Waals surface area contributed by atoms with Crippen LogP contribution in [-0.2, 0) is 16.3 Å². The Hall–Kier alpha value is -0.440. The number of hydrogen-bond donors (Lipinski definition) is 0. The molecule has 2 aliphatic rings. The van der Waals surface area contributed by atoms with Crippen molar-refractivity contribution >= 4 is 34.0 Å². The second-order valence-corrected chi connectivity index (χ2v) is 11.6. The lowest BCUT2D eigenvalue weighted by Gasteiger charge is -2.33. The van der Waals surface area contributed by atoms with Crippen molar-refractivity contribution in [3.8, 4) is 5.75 Å². The molecule has 1 aromatic rings. The zero-order valence-electron chi connectivity index (χ0n) is 10.9. The van der Waals surface area contributed by atoms with Gasteiger partial charge in [0.15, 0.2) is 5.47 Å². The zero-order valence-corrected chi connectivity index (χ0v) is 13.5. The van der Waals surface area contributed by atoms with Crippen LogP contribution in [0, 0.1) is 0 Å². The molecule has 1 heterocycles. The lowest BCUT2D eigenvalue weighted by Crippen LogP contribution is -2.14. The summed E-state index contributed by atoms with van der Waals surface area (Å²) in [7, 11) is 1.68. The van der Waals surface area contributed by atoms with E-state index in [-0.39, 0.29) is 0 Å². The minimum Gasteiger partial charge on any atom is -0.497 e. The highest BCUT2D eigenvalue weighted by Gasteiger charge is 2.31. The van der Waals surface area contributed by atoms with Crippen LogP contribution in [0.25, 0.3) is 0 Å². The molecule has 0 saturated heterocycles. The van der Waals surface area contributed by atoms with E-state index in [0.29, 0.717) is 0 Å². The first-order valence-electron chi connectivity index (χ1n) is 6.51. The smallest absolute Gasteiger partial charge is 0.196 e. The maximum atomic E-state index is 6.27. The molecule has 2 nitrogen and oxygen atoms in total. The highest BCUT2D eigenvalue weighted by Crippen LogP contribution is 2.64. The van der Waals surface area contributed by atoms with Crippen molar-refractivity contribution in [1.29, 1.82) is 0 Å². The zero-order chi connectivity index (χ0) is 13.3. The Kier molecular flexibility index (Phi) is 3.93. The molecule has 0 saturated carbocycles. The predicted octanol–water partition coefficient (Wildman–Crippen LogP) is 4.22. The van der Waals surface area contributed by atoms with Crippen LogP contribution in [-0.4, -0.2) is 12.9 Å². The third-order valence-electron chi connectivity index (χ3n) is 3.55. The van der Waals surface area contributed by atoms with Crippen LogP contribution in [0.2, 0.25) is 0 Å². The molecule has 1 aromatic carbocycles. The van der Waals surface area contributed by atoms with Crippen LogP contribution in [0.4, 0.5) is 0 Å². The van der Waals surface area contributed by atoms with Crippen molar-refractivity contribution in [2.45, 2.75) is 25.7 Å². The van der Waals surface area contributed by atoms with Crippen LogP contribution in [0.3, 0.4) is 0 Å². The van der Waals surface area contributed by atoms with E-state index in [1.54, 1.807) is 7.11 Å². The quantitative estimate of drug-likeness (QED) is 0.761. The highest BCUT2D eigenvalue weighted by molar-refractivity contribution is 8.71. The van der Waals surface area contributed by atoms with E-state index < -0.39 is 5.47 Å². The second kappa shape index (κ2) is 5.51. The molecule has 19 heavy (non-hydrogen) atoms. The van der Waals surface area contributed by atoms with Crippen LogP contribution < -0.4 is 10.0 Å². The largest absolute Gasteiger partial charge is 0.497 e. The molecule has 102 valence electrons. The molecule has 0 N–H and O–H groups in total. The van der Waals surface area contributed by atoms with Crippen LogP contribution in [0.1, 0.15) is 25.7 Å². The van der Waals surface area contributed by atoms with Gasteiger partial charge in [-0.3, -0.25) is 0 Å². The molecule has 1 aliphatic carbocycles. The first kappa shape index (κ1) is 13.5. The van der Waals surface area contributed by atoms with Crippen LogP contribution in [0.15, 0.2) is 35.6 Å². The minimum atomic E-state index is -1.95. The highest BCUT2D eigenvalue weighted by atomic mass is 32.9. The van der Waals surface area contributed by atoms with E-state index in [0.717, 1.165) is 23.2 Å². The standard InChI is InChI=1S/C14H17O2PS2/c1-15-12-6-8-13(9-7-12)17(18)16-14-5-3-2-4-11(14)10-19-17/h6-9H,2-5,10H2,1H3. The Bertz CT molecular complexity index is 551. The lowest BCUT2D eigenvalue weighted by molar-refractivity contribution is 0.414. The van der Waals surface area contributed by atoms with Crippen molar-refractivity contribution in [2.75, 3.05) is 12.9 Å². The first-order chi connectivity index (χ1) is 9.21. The minimum absolute atomic E-state index is 0.866. The molecule has 0 amide bonds. The van der Waals surface area contributed by atoms with Gasteiger partial charge in [-0.25, -0.2) is 0 Å². The van der Waals surface area contributed by atoms with Crippen LogP contribution in [0.5, 0.6) is 5.75 Å². The Morgan fingerprint density at radius 2 is 1.95 bits per heavy atom. The van der Waals surface area contributed by atoms with Gasteiger partial charge in [0.25, 0.3) is 0 Å². The van der Waals surface area contributed by atoms with Crippen molar-refractivity contribution < 1.29 is 9.26 Å². The summed E-state index contributed by atoms with van der Waals surface area (Å²) < 4.78 is 11.5. The number of benzene rings is 1. The van der Waals surface area contributed by atoms with E-state index >= 15 is 0 Å². The van der Waals surface area contributed by atoms with Crippen molar-refractivity contribution in [3.05, 3.63) is 35.6 Å². The maximum absolute atomic E-state index is 6.27. The predicted molar refractivity (Wildman–Crippen MR) is 86.0 cm³/mol. The number of hydrogen-bond acceptors (Lipinski definition) is 4. The Balaban J connectivity index is 1.87. The molecule has 1 aliphatic heterocycles. The Morgan fingerprint density at radius 1 is 1.21 bits per heavy atom. The Labute approximate surface area is 123 Å². The second-order valence-electron chi connectivity index (χ2n) is 4.79. The number of methoxy groups -OCH3 is 1. The summed E-state index contributed by atoms with van der Waals surface area (Å²) >= 11 is 7.67. The molecule has 1 unspecified atom stereocenters. The maximum Gasteiger partial charge on any atom is 0.196 e. The molecule has 0 spiro atoms. The molecule has 0 fully saturated rings. The summed E-state index contributed by atoms with van der Waals surface area (Å²) in [5.41, 5.74) is -0.458. The lowest BCUT2D eigenvalue weighted by atomic mass is 9.99. The normalized spacial score (nSPS) is 26.6. The summed E-state index contributed by atoms with van der Waals surface area (Å²) in [6.07, 6.45) is 4.81. The topological polar surface area (TPSA) is 18.5 Å². The number of rotatable bonds is 2. The third-order valence-corrected chi connectivity index (χ3v) is 9.83. The molecule has 1 atom stereocenters. The van der Waals surface area contributed by atoms with Crippen molar-refractivity contribution in [3.63, 3.8) is 0 Å². The number of ether oxygens (including phenoxy) is 1. The van der Waals surface area contributed by atoms with E-state index in [9.17, 15) is 0 Å². The monoisotopic (exact) mass is 312 g/mol. The molecule has 0 aromatic heterocycles. The van der Waals surface area contributed by atoms with Crippen LogP contribution >= 0.6 is 16.8 Å². The third kappa shape index (κ3) is 2.72. The fourth-order valence-electron chi connectivity index (χ4n) is 2.43. The van der Waals surface area contributed by atoms with Gasteiger partial charge in [0.05, 0.1) is 7.11 Å². The van der Waals surface area contributed by atoms with E-state index in [1.165, 1.54) is 30.6 Å². The molecule has 3 rings (SSSR count). The van der Waals surface area contributed by atoms with Gasteiger partial charge in [-0.15, -0.1) is 0 Å². The summed E-state index contributed by atoms with van der Waals surface area (Å²) in [5.74, 6) is 3.12. The fraction of sp³-hybridized carbons (Fsp3) is 0.429. The van der Waals surface area contributed by atoms with Gasteiger partial charge in [-0.05, 0) is 60.9 Å². The van der Waals surface area contributed by atoms with Crippen molar-refractivity contribution in [1.82, 2.24) is 0 Å². The van der Waals surface area contributed by atoms with Gasteiger partial charge in [0.2, 0.25) is 0 Å². The molecular weight excluding hydrogens is 295 g/mol. The fourth-order valence-corrected chi connectivity index (χ4v) is 7.72. The van der Waals surface area contributed by atoms with Gasteiger partial charge in [-0.1, -0.05) is 11.4 Å².